The fourth-order valence-electron chi connectivity index (χ4n) is 1.82. The SMILES string of the molecule is C=C(Br)CNC1(C)CCCCC1. The fourth-order valence-corrected chi connectivity index (χ4v) is 1.96. The van der Waals surface area contributed by atoms with Crippen LogP contribution >= 0.6 is 15.9 Å². The van der Waals surface area contributed by atoms with E-state index in [1.165, 1.54) is 32.1 Å². The molecule has 0 unspecified atom stereocenters. The molecule has 1 N–H and O–H groups in total. The molecule has 1 fully saturated rings. The maximum atomic E-state index is 3.82. The van der Waals surface area contributed by atoms with Gasteiger partial charge in [0.05, 0.1) is 0 Å². The lowest BCUT2D eigenvalue weighted by atomic mass is 9.83. The average Bonchev–Trinajstić information content (AvgIpc) is 2.03. The summed E-state index contributed by atoms with van der Waals surface area (Å²) in [4.78, 5) is 0. The van der Waals surface area contributed by atoms with Gasteiger partial charge in [0.25, 0.3) is 0 Å². The van der Waals surface area contributed by atoms with Crippen molar-refractivity contribution in [2.75, 3.05) is 6.54 Å². The van der Waals surface area contributed by atoms with E-state index in [1.54, 1.807) is 0 Å². The Kier molecular flexibility index (Phi) is 3.78. The van der Waals surface area contributed by atoms with Gasteiger partial charge in [0.2, 0.25) is 0 Å². The highest BCUT2D eigenvalue weighted by molar-refractivity contribution is 9.11. The van der Waals surface area contributed by atoms with E-state index in [0.29, 0.717) is 5.54 Å². The molecule has 2 heteroatoms. The summed E-state index contributed by atoms with van der Waals surface area (Å²) in [6.07, 6.45) is 6.78. The second-order valence-electron chi connectivity index (χ2n) is 3.99. The van der Waals surface area contributed by atoms with E-state index in [9.17, 15) is 0 Å². The zero-order valence-corrected chi connectivity index (χ0v) is 9.41. The number of halogens is 1. The van der Waals surface area contributed by atoms with E-state index in [1.807, 2.05) is 0 Å². The van der Waals surface area contributed by atoms with Gasteiger partial charge >= 0.3 is 0 Å². The van der Waals surface area contributed by atoms with E-state index < -0.39 is 0 Å². The minimum Gasteiger partial charge on any atom is -0.307 e. The molecule has 0 aromatic carbocycles. The van der Waals surface area contributed by atoms with Crippen LogP contribution in [0.1, 0.15) is 39.0 Å². The van der Waals surface area contributed by atoms with Gasteiger partial charge in [-0.1, -0.05) is 41.8 Å². The molecular formula is C10H18BrN. The van der Waals surface area contributed by atoms with Gasteiger partial charge in [-0.3, -0.25) is 0 Å². The third kappa shape index (κ3) is 3.28. The summed E-state index contributed by atoms with van der Waals surface area (Å²) >= 11 is 3.37. The summed E-state index contributed by atoms with van der Waals surface area (Å²) in [5.41, 5.74) is 0.370. The van der Waals surface area contributed by atoms with Gasteiger partial charge < -0.3 is 5.32 Å². The molecule has 1 rings (SSSR count). The molecule has 1 nitrogen and oxygen atoms in total. The largest absolute Gasteiger partial charge is 0.307 e. The Labute approximate surface area is 83.7 Å². The first kappa shape index (κ1) is 10.3. The molecule has 0 saturated heterocycles. The van der Waals surface area contributed by atoms with Gasteiger partial charge in [0.15, 0.2) is 0 Å². The van der Waals surface area contributed by atoms with Crippen molar-refractivity contribution in [1.29, 1.82) is 0 Å². The van der Waals surface area contributed by atoms with Crippen LogP contribution in [0.25, 0.3) is 0 Å². The quantitative estimate of drug-likeness (QED) is 0.787. The standard InChI is InChI=1S/C10H18BrN/c1-9(11)8-12-10(2)6-4-3-5-7-10/h12H,1,3-8H2,2H3. The zero-order chi connectivity index (χ0) is 9.03. The highest BCUT2D eigenvalue weighted by atomic mass is 79.9. The van der Waals surface area contributed by atoms with Crippen LogP contribution in [0, 0.1) is 0 Å². The molecule has 0 spiro atoms. The van der Waals surface area contributed by atoms with Crippen molar-refractivity contribution < 1.29 is 0 Å². The van der Waals surface area contributed by atoms with Crippen molar-refractivity contribution in [3.8, 4) is 0 Å². The fraction of sp³-hybridized carbons (Fsp3) is 0.800. The van der Waals surface area contributed by atoms with Crippen LogP contribution in [-0.2, 0) is 0 Å². The van der Waals surface area contributed by atoms with Crippen LogP contribution in [0.3, 0.4) is 0 Å². The topological polar surface area (TPSA) is 12.0 Å². The Bertz CT molecular complexity index is 159. The Morgan fingerprint density at radius 2 is 2.00 bits per heavy atom. The summed E-state index contributed by atoms with van der Waals surface area (Å²) in [6.45, 7) is 7.05. The molecular weight excluding hydrogens is 214 g/mol. The van der Waals surface area contributed by atoms with Gasteiger partial charge in [-0.2, -0.15) is 0 Å². The van der Waals surface area contributed by atoms with Crippen LogP contribution in [0.2, 0.25) is 0 Å². The molecule has 0 bridgehead atoms. The minimum absolute atomic E-state index is 0.370. The molecule has 0 aromatic rings. The monoisotopic (exact) mass is 231 g/mol. The molecule has 0 amide bonds. The smallest absolute Gasteiger partial charge is 0.0270 e. The maximum Gasteiger partial charge on any atom is 0.0270 e. The summed E-state index contributed by atoms with van der Waals surface area (Å²) < 4.78 is 1.05. The Balaban J connectivity index is 2.31. The molecule has 12 heavy (non-hydrogen) atoms. The summed E-state index contributed by atoms with van der Waals surface area (Å²) in [5.74, 6) is 0. The first-order valence-electron chi connectivity index (χ1n) is 4.71. The third-order valence-corrected chi connectivity index (χ3v) is 2.94. The van der Waals surface area contributed by atoms with E-state index >= 15 is 0 Å². The minimum atomic E-state index is 0.370. The normalized spacial score (nSPS) is 22.2. The average molecular weight is 232 g/mol. The first-order valence-corrected chi connectivity index (χ1v) is 5.50. The maximum absolute atomic E-state index is 3.82. The van der Waals surface area contributed by atoms with Crippen molar-refractivity contribution >= 4 is 15.9 Å². The van der Waals surface area contributed by atoms with Gasteiger partial charge in [0.1, 0.15) is 0 Å². The highest BCUT2D eigenvalue weighted by Crippen LogP contribution is 2.27. The molecule has 1 aliphatic carbocycles. The van der Waals surface area contributed by atoms with Crippen LogP contribution in [0.5, 0.6) is 0 Å². The third-order valence-electron chi connectivity index (χ3n) is 2.66. The molecule has 70 valence electrons. The Hall–Kier alpha value is 0.180. The molecule has 0 heterocycles. The van der Waals surface area contributed by atoms with Gasteiger partial charge in [-0.25, -0.2) is 0 Å². The molecule has 1 aliphatic rings. The first-order chi connectivity index (χ1) is 5.62. The van der Waals surface area contributed by atoms with Crippen molar-refractivity contribution in [2.45, 2.75) is 44.6 Å². The van der Waals surface area contributed by atoms with Gasteiger partial charge in [-0.15, -0.1) is 0 Å². The number of hydrogen-bond acceptors (Lipinski definition) is 1. The summed E-state index contributed by atoms with van der Waals surface area (Å²) in [5, 5.41) is 3.55. The van der Waals surface area contributed by atoms with Crippen LogP contribution in [0.4, 0.5) is 0 Å². The van der Waals surface area contributed by atoms with Crippen molar-refractivity contribution in [1.82, 2.24) is 5.32 Å². The van der Waals surface area contributed by atoms with E-state index in [2.05, 4.69) is 34.7 Å². The van der Waals surface area contributed by atoms with Crippen LogP contribution < -0.4 is 5.32 Å². The van der Waals surface area contributed by atoms with Gasteiger partial charge in [0, 0.05) is 16.6 Å². The summed E-state index contributed by atoms with van der Waals surface area (Å²) in [6, 6.07) is 0. The number of rotatable bonds is 3. The van der Waals surface area contributed by atoms with Crippen LogP contribution in [0.15, 0.2) is 11.1 Å². The molecule has 0 aromatic heterocycles. The predicted molar refractivity (Wildman–Crippen MR) is 57.6 cm³/mol. The van der Waals surface area contributed by atoms with Crippen molar-refractivity contribution in [2.24, 2.45) is 0 Å². The Morgan fingerprint density at radius 3 is 2.50 bits per heavy atom. The van der Waals surface area contributed by atoms with E-state index in [0.717, 1.165) is 11.0 Å². The second-order valence-corrected chi connectivity index (χ2v) is 5.11. The van der Waals surface area contributed by atoms with Crippen LogP contribution in [-0.4, -0.2) is 12.1 Å². The molecule has 0 atom stereocenters. The predicted octanol–water partition coefficient (Wildman–Crippen LogP) is 3.21. The Morgan fingerprint density at radius 1 is 1.42 bits per heavy atom. The molecule has 1 saturated carbocycles. The highest BCUT2D eigenvalue weighted by Gasteiger charge is 2.25. The zero-order valence-electron chi connectivity index (χ0n) is 7.83. The molecule has 0 aliphatic heterocycles. The van der Waals surface area contributed by atoms with Crippen molar-refractivity contribution in [3.05, 3.63) is 11.1 Å². The number of hydrogen-bond donors (Lipinski definition) is 1. The lowest BCUT2D eigenvalue weighted by molar-refractivity contribution is 0.263. The summed E-state index contributed by atoms with van der Waals surface area (Å²) in [7, 11) is 0. The van der Waals surface area contributed by atoms with Gasteiger partial charge in [-0.05, 0) is 19.8 Å². The second kappa shape index (κ2) is 4.43. The lowest BCUT2D eigenvalue weighted by Crippen LogP contribution is -2.44. The lowest BCUT2D eigenvalue weighted by Gasteiger charge is -2.34. The molecule has 0 radical (unpaired) electrons. The van der Waals surface area contributed by atoms with E-state index in [-0.39, 0.29) is 0 Å². The van der Waals surface area contributed by atoms with E-state index in [4.69, 9.17) is 0 Å². The van der Waals surface area contributed by atoms with Crippen molar-refractivity contribution in [3.63, 3.8) is 0 Å². The number of nitrogens with one attached hydrogen (secondary N) is 1.